The smallest absolute Gasteiger partial charge is 0.145 e. The van der Waals surface area contributed by atoms with Gasteiger partial charge in [-0.05, 0) is 39.2 Å². The number of benzene rings is 1. The number of rotatable bonds is 7. The van der Waals surface area contributed by atoms with Gasteiger partial charge in [0.25, 0.3) is 0 Å². The minimum absolute atomic E-state index is 0. The Morgan fingerprint density at radius 3 is 2.68 bits per heavy atom. The Kier molecular flexibility index (Phi) is 7.84. The maximum Gasteiger partial charge on any atom is 0.145 e. The molecule has 0 radical (unpaired) electrons. The number of aromatic nitrogens is 2. The summed E-state index contributed by atoms with van der Waals surface area (Å²) >= 11 is 0. The fourth-order valence-corrected chi connectivity index (χ4v) is 3.00. The Hall–Kier alpha value is -1.47. The number of para-hydroxylation sites is 1. The molecular formula is C18H29ClN6. The summed E-state index contributed by atoms with van der Waals surface area (Å²) < 4.78 is 0. The summed E-state index contributed by atoms with van der Waals surface area (Å²) in [5.41, 5.74) is 1.02. The summed E-state index contributed by atoms with van der Waals surface area (Å²) in [5.74, 6) is 1.87. The summed E-state index contributed by atoms with van der Waals surface area (Å²) in [7, 11) is 4.21. The van der Waals surface area contributed by atoms with E-state index >= 15 is 0 Å². The first kappa shape index (κ1) is 19.8. The van der Waals surface area contributed by atoms with Crippen LogP contribution in [0.25, 0.3) is 10.9 Å². The number of hydrogen-bond donors (Lipinski definition) is 2. The Balaban J connectivity index is 0.00000225. The van der Waals surface area contributed by atoms with Crippen LogP contribution in [-0.4, -0.2) is 73.1 Å². The molecule has 0 unspecified atom stereocenters. The zero-order valence-electron chi connectivity index (χ0n) is 15.2. The van der Waals surface area contributed by atoms with Crippen molar-refractivity contribution in [3.8, 4) is 0 Å². The van der Waals surface area contributed by atoms with Crippen molar-refractivity contribution in [3.05, 3.63) is 30.1 Å². The highest BCUT2D eigenvalue weighted by Crippen LogP contribution is 2.20. The lowest BCUT2D eigenvalue weighted by molar-refractivity contribution is 0.228. The van der Waals surface area contributed by atoms with Crippen LogP contribution in [0.2, 0.25) is 0 Å². The van der Waals surface area contributed by atoms with Crippen molar-refractivity contribution in [1.29, 1.82) is 0 Å². The lowest BCUT2D eigenvalue weighted by atomic mass is 10.2. The van der Waals surface area contributed by atoms with E-state index in [9.17, 15) is 0 Å². The van der Waals surface area contributed by atoms with Gasteiger partial charge in [0.05, 0.1) is 12.1 Å². The van der Waals surface area contributed by atoms with Crippen LogP contribution in [0.1, 0.15) is 12.2 Å². The molecule has 0 aliphatic carbocycles. The van der Waals surface area contributed by atoms with Gasteiger partial charge in [0.1, 0.15) is 11.6 Å². The van der Waals surface area contributed by atoms with E-state index in [1.54, 1.807) is 0 Å². The summed E-state index contributed by atoms with van der Waals surface area (Å²) in [5, 5.41) is 8.00. The maximum atomic E-state index is 4.81. The van der Waals surface area contributed by atoms with Crippen LogP contribution in [0.3, 0.4) is 0 Å². The van der Waals surface area contributed by atoms with Crippen molar-refractivity contribution in [2.45, 2.75) is 13.0 Å². The molecular weight excluding hydrogens is 336 g/mol. The highest BCUT2D eigenvalue weighted by Gasteiger charge is 2.13. The van der Waals surface area contributed by atoms with Crippen LogP contribution in [-0.2, 0) is 6.54 Å². The molecule has 2 N–H and O–H groups in total. The van der Waals surface area contributed by atoms with Crippen molar-refractivity contribution in [3.63, 3.8) is 0 Å². The molecule has 138 valence electrons. The zero-order valence-corrected chi connectivity index (χ0v) is 16.0. The highest BCUT2D eigenvalue weighted by molar-refractivity contribution is 5.88. The number of hydrogen-bond acceptors (Lipinski definition) is 6. The van der Waals surface area contributed by atoms with Gasteiger partial charge in [0.2, 0.25) is 0 Å². The topological polar surface area (TPSA) is 56.3 Å². The molecule has 1 aliphatic rings. The fraction of sp³-hybridized carbons (Fsp3) is 0.556. The van der Waals surface area contributed by atoms with Crippen LogP contribution in [0.4, 0.5) is 5.82 Å². The minimum Gasteiger partial charge on any atom is -0.369 e. The monoisotopic (exact) mass is 364 g/mol. The number of nitrogens with one attached hydrogen (secondary N) is 2. The molecule has 2 heterocycles. The van der Waals surface area contributed by atoms with E-state index in [1.807, 2.05) is 12.1 Å². The van der Waals surface area contributed by atoms with Gasteiger partial charge in [-0.1, -0.05) is 12.1 Å². The Morgan fingerprint density at radius 1 is 1.16 bits per heavy atom. The van der Waals surface area contributed by atoms with Crippen molar-refractivity contribution in [2.75, 3.05) is 58.7 Å². The Morgan fingerprint density at radius 2 is 1.92 bits per heavy atom. The van der Waals surface area contributed by atoms with Crippen molar-refractivity contribution < 1.29 is 0 Å². The summed E-state index contributed by atoms with van der Waals surface area (Å²) in [4.78, 5) is 14.2. The second-order valence-electron chi connectivity index (χ2n) is 6.62. The van der Waals surface area contributed by atoms with Crippen LogP contribution in [0, 0.1) is 0 Å². The lowest BCUT2D eigenvalue weighted by Gasteiger charge is -2.26. The average molecular weight is 365 g/mol. The normalized spacial score (nSPS) is 15.3. The molecule has 25 heavy (non-hydrogen) atoms. The average Bonchev–Trinajstić information content (AvgIpc) is 2.59. The largest absolute Gasteiger partial charge is 0.369 e. The van der Waals surface area contributed by atoms with Gasteiger partial charge >= 0.3 is 0 Å². The second-order valence-corrected chi connectivity index (χ2v) is 6.62. The van der Waals surface area contributed by atoms with Crippen LogP contribution >= 0.6 is 12.4 Å². The van der Waals surface area contributed by atoms with Crippen molar-refractivity contribution >= 4 is 29.1 Å². The van der Waals surface area contributed by atoms with Gasteiger partial charge in [-0.2, -0.15) is 0 Å². The van der Waals surface area contributed by atoms with Gasteiger partial charge in [0.15, 0.2) is 0 Å². The summed E-state index contributed by atoms with van der Waals surface area (Å²) in [6.07, 6.45) is 1.10. The number of nitrogens with zero attached hydrogens (tertiary/aromatic N) is 4. The van der Waals surface area contributed by atoms with E-state index in [4.69, 9.17) is 9.97 Å². The van der Waals surface area contributed by atoms with E-state index in [0.717, 1.165) is 74.8 Å². The third-order valence-corrected chi connectivity index (χ3v) is 4.30. The summed E-state index contributed by atoms with van der Waals surface area (Å²) in [6.45, 7) is 7.02. The van der Waals surface area contributed by atoms with Gasteiger partial charge in [-0.15, -0.1) is 12.4 Å². The van der Waals surface area contributed by atoms with Crippen LogP contribution in [0.15, 0.2) is 24.3 Å². The highest BCUT2D eigenvalue weighted by atomic mass is 35.5. The van der Waals surface area contributed by atoms with E-state index < -0.39 is 0 Å². The van der Waals surface area contributed by atoms with E-state index in [-0.39, 0.29) is 12.4 Å². The van der Waals surface area contributed by atoms with Gasteiger partial charge in [-0.3, -0.25) is 4.90 Å². The molecule has 1 aromatic carbocycles. The van der Waals surface area contributed by atoms with Gasteiger partial charge in [-0.25, -0.2) is 9.97 Å². The molecule has 0 atom stereocenters. The van der Waals surface area contributed by atoms with E-state index in [0.29, 0.717) is 0 Å². The maximum absolute atomic E-state index is 4.81. The van der Waals surface area contributed by atoms with Crippen LogP contribution in [0.5, 0.6) is 0 Å². The third-order valence-electron chi connectivity index (χ3n) is 4.30. The predicted octanol–water partition coefficient (Wildman–Crippen LogP) is 1.82. The SMILES string of the molecule is CN(C)CCCNc1nc(CN2CCNCC2)nc2ccccc12.Cl. The van der Waals surface area contributed by atoms with Gasteiger partial charge in [0, 0.05) is 38.1 Å². The molecule has 0 spiro atoms. The van der Waals surface area contributed by atoms with Crippen molar-refractivity contribution in [1.82, 2.24) is 25.1 Å². The molecule has 2 aromatic rings. The first-order chi connectivity index (χ1) is 11.7. The third kappa shape index (κ3) is 5.78. The molecule has 1 saturated heterocycles. The number of halogens is 1. The standard InChI is InChI=1S/C18H28N6.ClH/c1-23(2)11-5-8-20-18-15-6-3-4-7-16(15)21-17(22-18)14-24-12-9-19-10-13-24;/h3-4,6-7,19H,5,8-14H2,1-2H3,(H,20,21,22);1H. The molecule has 1 aromatic heterocycles. The van der Waals surface area contributed by atoms with Gasteiger partial charge < -0.3 is 15.5 Å². The lowest BCUT2D eigenvalue weighted by Crippen LogP contribution is -2.43. The number of piperazine rings is 1. The molecule has 3 rings (SSSR count). The number of anilines is 1. The van der Waals surface area contributed by atoms with Crippen LogP contribution < -0.4 is 10.6 Å². The molecule has 0 bridgehead atoms. The Bertz CT molecular complexity index is 657. The minimum atomic E-state index is 0. The first-order valence-electron chi connectivity index (χ1n) is 8.80. The van der Waals surface area contributed by atoms with E-state index in [2.05, 4.69) is 46.7 Å². The fourth-order valence-electron chi connectivity index (χ4n) is 3.00. The second kappa shape index (κ2) is 9.87. The summed E-state index contributed by atoms with van der Waals surface area (Å²) in [6, 6.07) is 8.26. The quantitative estimate of drug-likeness (QED) is 0.731. The molecule has 0 saturated carbocycles. The van der Waals surface area contributed by atoms with Crippen molar-refractivity contribution in [2.24, 2.45) is 0 Å². The molecule has 0 amide bonds. The predicted molar refractivity (Wildman–Crippen MR) is 107 cm³/mol. The van der Waals surface area contributed by atoms with E-state index in [1.165, 1.54) is 0 Å². The number of fused-ring (bicyclic) bond motifs is 1. The molecule has 7 heteroatoms. The molecule has 6 nitrogen and oxygen atoms in total. The molecule has 1 aliphatic heterocycles. The molecule has 1 fully saturated rings. The first-order valence-corrected chi connectivity index (χ1v) is 8.80. The Labute approximate surface area is 156 Å². The zero-order chi connectivity index (χ0) is 16.8.